The van der Waals surface area contributed by atoms with Gasteiger partial charge in [0.2, 0.25) is 0 Å². The van der Waals surface area contributed by atoms with Gasteiger partial charge in [0.1, 0.15) is 0 Å². The van der Waals surface area contributed by atoms with Crippen LogP contribution in [0.1, 0.15) is 5.56 Å². The largest absolute Gasteiger partial charge is 0.309 e. The lowest BCUT2D eigenvalue weighted by atomic mass is 10.0. The van der Waals surface area contributed by atoms with E-state index >= 15 is 0 Å². The number of nitrogens with zero attached hydrogens (tertiary/aromatic N) is 6. The second-order valence-corrected chi connectivity index (χ2v) is 15.4. The van der Waals surface area contributed by atoms with E-state index in [1.165, 1.54) is 16.7 Å². The van der Waals surface area contributed by atoms with Gasteiger partial charge >= 0.3 is 0 Å². The molecule has 11 aromatic rings. The second-order valence-electron chi connectivity index (χ2n) is 15.4. The average Bonchev–Trinajstić information content (AvgIpc) is 3.68. The summed E-state index contributed by atoms with van der Waals surface area (Å²) in [6.45, 7) is 2.14. The molecule has 0 aliphatic rings. The van der Waals surface area contributed by atoms with Gasteiger partial charge in [-0.2, -0.15) is 0 Å². The maximum absolute atomic E-state index is 5.29. The molecule has 3 heterocycles. The van der Waals surface area contributed by atoms with E-state index in [0.717, 1.165) is 72.3 Å². The Hall–Kier alpha value is -8.35. The summed E-state index contributed by atoms with van der Waals surface area (Å²) >= 11 is 0. The van der Waals surface area contributed by atoms with Crippen LogP contribution in [0.25, 0.3) is 107 Å². The van der Waals surface area contributed by atoms with Crippen molar-refractivity contribution < 1.29 is 0 Å². The number of para-hydroxylation sites is 1. The summed E-state index contributed by atoms with van der Waals surface area (Å²) in [6, 6.07) is 73.4. The quantitative estimate of drug-likeness (QED) is 0.153. The van der Waals surface area contributed by atoms with Crippen molar-refractivity contribution in [2.24, 2.45) is 0 Å². The minimum absolute atomic E-state index is 0.553. The number of hydrogen-bond acceptors (Lipinski definition) is 5. The Morgan fingerprint density at radius 1 is 0.306 bits per heavy atom. The van der Waals surface area contributed by atoms with Gasteiger partial charge in [0.05, 0.1) is 28.1 Å². The third-order valence-electron chi connectivity index (χ3n) is 11.3. The lowest BCUT2D eigenvalue weighted by Crippen LogP contribution is -2.04. The standard InChI is InChI=1S/C56H38N6/c1-37-17-16-26-42(33-37)43-29-31-51-46(34-43)45-27-14-15-28-50(45)62(51)52-32-30-44(49-36-48(38-18-6-2-7-19-38)57-53(58-49)39-20-8-3-9-21-39)35-47(52)56-60-54(40-22-10-4-11-23-40)59-55(61-56)41-24-12-5-13-25-41/h2-36H,1H3. The first-order valence-electron chi connectivity index (χ1n) is 20.8. The Labute approximate surface area is 359 Å². The summed E-state index contributed by atoms with van der Waals surface area (Å²) < 4.78 is 2.35. The first-order chi connectivity index (χ1) is 30.6. The van der Waals surface area contributed by atoms with Gasteiger partial charge in [0.15, 0.2) is 23.3 Å². The fraction of sp³-hybridized carbons (Fsp3) is 0.0179. The predicted octanol–water partition coefficient (Wildman–Crippen LogP) is 13.7. The zero-order valence-corrected chi connectivity index (χ0v) is 33.9. The molecule has 0 atom stereocenters. The SMILES string of the molecule is Cc1cccc(-c2ccc3c(c2)c2ccccc2n3-c2ccc(-c3cc(-c4ccccc4)nc(-c4ccccc4)n3)cc2-c2nc(-c3ccccc3)nc(-c3ccccc3)n2)c1. The molecule has 11 rings (SSSR count). The Bertz CT molecular complexity index is 3280. The summed E-state index contributed by atoms with van der Waals surface area (Å²) in [6.07, 6.45) is 0. The van der Waals surface area contributed by atoms with Gasteiger partial charge in [-0.15, -0.1) is 0 Å². The fourth-order valence-electron chi connectivity index (χ4n) is 8.30. The van der Waals surface area contributed by atoms with Gasteiger partial charge < -0.3 is 4.57 Å². The topological polar surface area (TPSA) is 69.4 Å². The highest BCUT2D eigenvalue weighted by Crippen LogP contribution is 2.40. The lowest BCUT2D eigenvalue weighted by Gasteiger charge is -2.17. The molecule has 6 nitrogen and oxygen atoms in total. The van der Waals surface area contributed by atoms with Crippen LogP contribution < -0.4 is 0 Å². The second kappa shape index (κ2) is 15.7. The first-order valence-corrected chi connectivity index (χ1v) is 20.8. The molecule has 0 amide bonds. The number of benzene rings is 8. The summed E-state index contributed by atoms with van der Waals surface area (Å²) in [4.78, 5) is 25.9. The van der Waals surface area contributed by atoms with Gasteiger partial charge in [0.25, 0.3) is 0 Å². The minimum atomic E-state index is 0.553. The maximum atomic E-state index is 5.29. The predicted molar refractivity (Wildman–Crippen MR) is 253 cm³/mol. The van der Waals surface area contributed by atoms with Gasteiger partial charge in [-0.3, -0.25) is 0 Å². The van der Waals surface area contributed by atoms with E-state index in [0.29, 0.717) is 23.3 Å². The van der Waals surface area contributed by atoms with Gasteiger partial charge in [-0.1, -0.05) is 181 Å². The van der Waals surface area contributed by atoms with Crippen LogP contribution in [0.15, 0.2) is 212 Å². The van der Waals surface area contributed by atoms with E-state index < -0.39 is 0 Å². The number of aryl methyl sites for hydroxylation is 1. The molecular weight excluding hydrogens is 757 g/mol. The van der Waals surface area contributed by atoms with Gasteiger partial charge in [-0.05, 0) is 54.4 Å². The molecule has 3 aromatic heterocycles. The third-order valence-corrected chi connectivity index (χ3v) is 11.3. The molecule has 0 saturated heterocycles. The van der Waals surface area contributed by atoms with Crippen molar-refractivity contribution in [3.63, 3.8) is 0 Å². The van der Waals surface area contributed by atoms with E-state index in [9.17, 15) is 0 Å². The molecule has 0 aliphatic carbocycles. The van der Waals surface area contributed by atoms with Crippen LogP contribution >= 0.6 is 0 Å². The maximum Gasteiger partial charge on any atom is 0.166 e. The van der Waals surface area contributed by atoms with Crippen LogP contribution in [0, 0.1) is 6.92 Å². The summed E-state index contributed by atoms with van der Waals surface area (Å²) in [5.41, 5.74) is 13.8. The highest BCUT2D eigenvalue weighted by molar-refractivity contribution is 6.11. The molecular formula is C56H38N6. The molecule has 0 spiro atoms. The minimum Gasteiger partial charge on any atom is -0.309 e. The fourth-order valence-corrected chi connectivity index (χ4v) is 8.30. The molecule has 62 heavy (non-hydrogen) atoms. The van der Waals surface area contributed by atoms with Crippen LogP contribution in [-0.2, 0) is 0 Å². The van der Waals surface area contributed by atoms with Gasteiger partial charge in [-0.25, -0.2) is 24.9 Å². The van der Waals surface area contributed by atoms with Crippen molar-refractivity contribution in [2.75, 3.05) is 0 Å². The lowest BCUT2D eigenvalue weighted by molar-refractivity contribution is 1.06. The van der Waals surface area contributed by atoms with Crippen molar-refractivity contribution in [1.82, 2.24) is 29.5 Å². The zero-order valence-electron chi connectivity index (χ0n) is 33.9. The zero-order chi connectivity index (χ0) is 41.4. The summed E-state index contributed by atoms with van der Waals surface area (Å²) in [5, 5.41) is 2.32. The van der Waals surface area contributed by atoms with Crippen LogP contribution in [0.5, 0.6) is 0 Å². The number of hydrogen-bond donors (Lipinski definition) is 0. The summed E-state index contributed by atoms with van der Waals surface area (Å²) in [5.74, 6) is 2.39. The molecule has 6 heteroatoms. The Kier molecular flexibility index (Phi) is 9.28. The van der Waals surface area contributed by atoms with E-state index in [-0.39, 0.29) is 0 Å². The monoisotopic (exact) mass is 794 g/mol. The van der Waals surface area contributed by atoms with Crippen molar-refractivity contribution in [3.8, 4) is 84.9 Å². The molecule has 0 N–H and O–H groups in total. The van der Waals surface area contributed by atoms with Crippen molar-refractivity contribution in [3.05, 3.63) is 218 Å². The van der Waals surface area contributed by atoms with E-state index in [1.54, 1.807) is 0 Å². The highest BCUT2D eigenvalue weighted by Gasteiger charge is 2.22. The van der Waals surface area contributed by atoms with E-state index in [2.05, 4.69) is 127 Å². The molecule has 0 aliphatic heterocycles. The van der Waals surface area contributed by atoms with E-state index in [4.69, 9.17) is 24.9 Å². The normalized spacial score (nSPS) is 11.3. The first kappa shape index (κ1) is 36.7. The molecule has 0 bridgehead atoms. The number of aromatic nitrogens is 6. The third kappa shape index (κ3) is 6.89. The Morgan fingerprint density at radius 2 is 0.790 bits per heavy atom. The van der Waals surface area contributed by atoms with Crippen molar-refractivity contribution in [2.45, 2.75) is 6.92 Å². The molecule has 0 radical (unpaired) electrons. The van der Waals surface area contributed by atoms with Crippen molar-refractivity contribution in [1.29, 1.82) is 0 Å². The molecule has 0 fully saturated rings. The molecule has 292 valence electrons. The Morgan fingerprint density at radius 3 is 1.42 bits per heavy atom. The van der Waals surface area contributed by atoms with Crippen molar-refractivity contribution >= 4 is 21.8 Å². The molecule has 8 aromatic carbocycles. The highest BCUT2D eigenvalue weighted by atomic mass is 15.1. The number of fused-ring (bicyclic) bond motifs is 3. The van der Waals surface area contributed by atoms with Gasteiger partial charge in [0, 0.05) is 44.2 Å². The number of rotatable bonds is 8. The summed E-state index contributed by atoms with van der Waals surface area (Å²) in [7, 11) is 0. The molecule has 0 unspecified atom stereocenters. The van der Waals surface area contributed by atoms with Crippen LogP contribution in [0.2, 0.25) is 0 Å². The average molecular weight is 795 g/mol. The van der Waals surface area contributed by atoms with Crippen LogP contribution in [0.3, 0.4) is 0 Å². The smallest absolute Gasteiger partial charge is 0.166 e. The van der Waals surface area contributed by atoms with Crippen LogP contribution in [-0.4, -0.2) is 29.5 Å². The van der Waals surface area contributed by atoms with E-state index in [1.807, 2.05) is 97.1 Å². The van der Waals surface area contributed by atoms with Crippen LogP contribution in [0.4, 0.5) is 0 Å². The molecule has 0 saturated carbocycles. The Balaban J connectivity index is 1.19.